The first-order chi connectivity index (χ1) is 8.56. The average molecular weight is 370 g/mol. The van der Waals surface area contributed by atoms with Crippen molar-refractivity contribution in [2.24, 2.45) is 0 Å². The topological polar surface area (TPSA) is 20.2 Å². The zero-order valence-corrected chi connectivity index (χ0v) is 13.2. The Labute approximate surface area is 124 Å². The van der Waals surface area contributed by atoms with Gasteiger partial charge in [0.1, 0.15) is 0 Å². The van der Waals surface area contributed by atoms with Gasteiger partial charge in [-0.15, -0.1) is 0 Å². The summed E-state index contributed by atoms with van der Waals surface area (Å²) in [5, 5.41) is 10.2. The van der Waals surface area contributed by atoms with Crippen LogP contribution < -0.4 is 0 Å². The third kappa shape index (κ3) is 3.44. The molecular formula is C15H14Br2O. The first-order valence-electron chi connectivity index (χ1n) is 5.75. The van der Waals surface area contributed by atoms with Crippen LogP contribution in [0.25, 0.3) is 0 Å². The molecule has 94 valence electrons. The van der Waals surface area contributed by atoms with Gasteiger partial charge < -0.3 is 5.11 Å². The molecule has 0 saturated carbocycles. The molecule has 0 amide bonds. The molecule has 0 aliphatic heterocycles. The number of rotatable bonds is 3. The zero-order valence-electron chi connectivity index (χ0n) is 10.0. The summed E-state index contributed by atoms with van der Waals surface area (Å²) < 4.78 is 2.09. The first kappa shape index (κ1) is 13.8. The Hall–Kier alpha value is -0.640. The van der Waals surface area contributed by atoms with Crippen molar-refractivity contribution in [1.82, 2.24) is 0 Å². The van der Waals surface area contributed by atoms with E-state index in [9.17, 15) is 5.11 Å². The van der Waals surface area contributed by atoms with Crippen LogP contribution in [0.5, 0.6) is 0 Å². The van der Waals surface area contributed by atoms with Crippen molar-refractivity contribution in [2.45, 2.75) is 19.4 Å². The van der Waals surface area contributed by atoms with Gasteiger partial charge in [0.05, 0.1) is 6.10 Å². The molecule has 0 saturated heterocycles. The summed E-state index contributed by atoms with van der Waals surface area (Å²) in [5.41, 5.74) is 3.24. The van der Waals surface area contributed by atoms with E-state index in [1.807, 2.05) is 49.4 Å². The van der Waals surface area contributed by atoms with Crippen LogP contribution in [0.4, 0.5) is 0 Å². The van der Waals surface area contributed by atoms with Gasteiger partial charge in [-0.05, 0) is 41.8 Å². The lowest BCUT2D eigenvalue weighted by Gasteiger charge is -2.12. The fourth-order valence-electron chi connectivity index (χ4n) is 1.78. The molecule has 0 fully saturated rings. The van der Waals surface area contributed by atoms with E-state index in [1.54, 1.807) is 0 Å². The minimum Gasteiger partial charge on any atom is -0.388 e. The fraction of sp³-hybridized carbons (Fsp3) is 0.200. The average Bonchev–Trinajstić information content (AvgIpc) is 2.35. The van der Waals surface area contributed by atoms with Crippen LogP contribution in [0, 0.1) is 6.92 Å². The van der Waals surface area contributed by atoms with Crippen LogP contribution in [-0.2, 0) is 6.42 Å². The van der Waals surface area contributed by atoms with Crippen LogP contribution in [0.3, 0.4) is 0 Å². The van der Waals surface area contributed by atoms with Crippen molar-refractivity contribution in [3.63, 3.8) is 0 Å². The lowest BCUT2D eigenvalue weighted by atomic mass is 10.0. The third-order valence-corrected chi connectivity index (χ3v) is 4.31. The lowest BCUT2D eigenvalue weighted by Crippen LogP contribution is -2.02. The number of aryl methyl sites for hydroxylation is 1. The lowest BCUT2D eigenvalue weighted by molar-refractivity contribution is 0.178. The van der Waals surface area contributed by atoms with Crippen LogP contribution >= 0.6 is 31.9 Å². The van der Waals surface area contributed by atoms with Crippen molar-refractivity contribution < 1.29 is 5.11 Å². The maximum absolute atomic E-state index is 10.2. The van der Waals surface area contributed by atoms with Gasteiger partial charge in [0, 0.05) is 15.4 Å². The van der Waals surface area contributed by atoms with Crippen molar-refractivity contribution in [1.29, 1.82) is 0 Å². The zero-order chi connectivity index (χ0) is 13.1. The van der Waals surface area contributed by atoms with E-state index in [2.05, 4.69) is 31.9 Å². The van der Waals surface area contributed by atoms with E-state index in [-0.39, 0.29) is 0 Å². The maximum atomic E-state index is 10.2. The van der Waals surface area contributed by atoms with Crippen molar-refractivity contribution >= 4 is 31.9 Å². The highest BCUT2D eigenvalue weighted by Crippen LogP contribution is 2.24. The minimum absolute atomic E-state index is 0.469. The molecular weight excluding hydrogens is 356 g/mol. The molecule has 1 nitrogen and oxygen atoms in total. The summed E-state index contributed by atoms with van der Waals surface area (Å²) in [4.78, 5) is 0. The molecule has 0 radical (unpaired) electrons. The van der Waals surface area contributed by atoms with Crippen molar-refractivity contribution in [2.75, 3.05) is 0 Å². The van der Waals surface area contributed by atoms with Gasteiger partial charge in [0.2, 0.25) is 0 Å². The van der Waals surface area contributed by atoms with E-state index >= 15 is 0 Å². The molecule has 1 atom stereocenters. The van der Waals surface area contributed by atoms with Gasteiger partial charge in [-0.1, -0.05) is 56.1 Å². The van der Waals surface area contributed by atoms with Gasteiger partial charge in [-0.25, -0.2) is 0 Å². The van der Waals surface area contributed by atoms with Gasteiger partial charge in [0.15, 0.2) is 0 Å². The molecule has 0 aromatic heterocycles. The molecule has 1 unspecified atom stereocenters. The van der Waals surface area contributed by atoms with E-state index in [4.69, 9.17) is 0 Å². The molecule has 3 heteroatoms. The Morgan fingerprint density at radius 3 is 2.33 bits per heavy atom. The third-order valence-electron chi connectivity index (χ3n) is 2.92. The highest BCUT2D eigenvalue weighted by molar-refractivity contribution is 9.10. The second-order valence-electron chi connectivity index (χ2n) is 4.36. The van der Waals surface area contributed by atoms with E-state index in [0.29, 0.717) is 6.42 Å². The second kappa shape index (κ2) is 6.00. The summed E-state index contributed by atoms with van der Waals surface area (Å²) in [6, 6.07) is 14.0. The molecule has 18 heavy (non-hydrogen) atoms. The van der Waals surface area contributed by atoms with Crippen LogP contribution in [0.1, 0.15) is 22.8 Å². The first-order valence-corrected chi connectivity index (χ1v) is 7.33. The second-order valence-corrected chi connectivity index (χ2v) is 6.13. The van der Waals surface area contributed by atoms with Crippen LogP contribution in [0.2, 0.25) is 0 Å². The fourth-order valence-corrected chi connectivity index (χ4v) is 2.44. The van der Waals surface area contributed by atoms with Gasteiger partial charge in [0.25, 0.3) is 0 Å². The summed E-state index contributed by atoms with van der Waals surface area (Å²) in [7, 11) is 0. The van der Waals surface area contributed by atoms with Crippen molar-refractivity contribution in [3.05, 3.63) is 68.1 Å². The molecule has 2 rings (SSSR count). The van der Waals surface area contributed by atoms with Crippen LogP contribution in [-0.4, -0.2) is 5.11 Å². The molecule has 0 aliphatic carbocycles. The summed E-state index contributed by atoms with van der Waals surface area (Å²) >= 11 is 6.90. The van der Waals surface area contributed by atoms with E-state index in [0.717, 1.165) is 20.1 Å². The smallest absolute Gasteiger partial charge is 0.0830 e. The standard InChI is InChI=1S/C15H14Br2O/c1-10-2-5-12(9-14(10)17)15(18)8-11-3-6-13(16)7-4-11/h2-7,9,15,18H,8H2,1H3. The molecule has 0 heterocycles. The minimum atomic E-state index is -0.469. The van der Waals surface area contributed by atoms with Gasteiger partial charge in [-0.2, -0.15) is 0 Å². The monoisotopic (exact) mass is 368 g/mol. The number of benzene rings is 2. The number of hydrogen-bond acceptors (Lipinski definition) is 1. The molecule has 0 aliphatic rings. The Balaban J connectivity index is 2.13. The Kier molecular flexibility index (Phi) is 4.60. The number of hydrogen-bond donors (Lipinski definition) is 1. The summed E-state index contributed by atoms with van der Waals surface area (Å²) in [6.07, 6.45) is 0.158. The van der Waals surface area contributed by atoms with E-state index in [1.165, 1.54) is 5.56 Å². The largest absolute Gasteiger partial charge is 0.388 e. The molecule has 1 N–H and O–H groups in total. The van der Waals surface area contributed by atoms with Gasteiger partial charge >= 0.3 is 0 Å². The predicted octanol–water partition coefficient (Wildman–Crippen LogP) is 4.80. The molecule has 0 spiro atoms. The molecule has 2 aromatic carbocycles. The number of aliphatic hydroxyl groups is 1. The number of halogens is 2. The molecule has 0 bridgehead atoms. The maximum Gasteiger partial charge on any atom is 0.0830 e. The highest BCUT2D eigenvalue weighted by atomic mass is 79.9. The van der Waals surface area contributed by atoms with Crippen molar-refractivity contribution in [3.8, 4) is 0 Å². The Bertz CT molecular complexity index is 535. The summed E-state index contributed by atoms with van der Waals surface area (Å²) in [6.45, 7) is 2.04. The summed E-state index contributed by atoms with van der Waals surface area (Å²) in [5.74, 6) is 0. The van der Waals surface area contributed by atoms with Gasteiger partial charge in [-0.3, -0.25) is 0 Å². The van der Waals surface area contributed by atoms with E-state index < -0.39 is 6.10 Å². The number of aliphatic hydroxyl groups excluding tert-OH is 1. The Morgan fingerprint density at radius 2 is 1.72 bits per heavy atom. The highest BCUT2D eigenvalue weighted by Gasteiger charge is 2.09. The predicted molar refractivity (Wildman–Crippen MR) is 81.7 cm³/mol. The van der Waals surface area contributed by atoms with Crippen LogP contribution in [0.15, 0.2) is 51.4 Å². The Morgan fingerprint density at radius 1 is 1.06 bits per heavy atom. The normalized spacial score (nSPS) is 12.4. The quantitative estimate of drug-likeness (QED) is 0.824. The SMILES string of the molecule is Cc1ccc(C(O)Cc2ccc(Br)cc2)cc1Br. The molecule has 2 aromatic rings.